The van der Waals surface area contributed by atoms with E-state index in [-0.39, 0.29) is 17.8 Å². The van der Waals surface area contributed by atoms with E-state index in [1.807, 2.05) is 19.9 Å². The van der Waals surface area contributed by atoms with E-state index < -0.39 is 0 Å². The van der Waals surface area contributed by atoms with Gasteiger partial charge in [-0.1, -0.05) is 12.1 Å². The fourth-order valence-electron chi connectivity index (χ4n) is 3.40. The first-order chi connectivity index (χ1) is 14.4. The highest BCUT2D eigenvalue weighted by molar-refractivity contribution is 7.18. The number of rotatable bonds is 6. The van der Waals surface area contributed by atoms with Crippen molar-refractivity contribution >= 4 is 39.6 Å². The molecule has 30 heavy (non-hydrogen) atoms. The highest BCUT2D eigenvalue weighted by Crippen LogP contribution is 2.32. The maximum Gasteiger partial charge on any atom is 0.325 e. The van der Waals surface area contributed by atoms with E-state index in [1.165, 1.54) is 29.0 Å². The summed E-state index contributed by atoms with van der Waals surface area (Å²) in [6, 6.07) is 10.1. The summed E-state index contributed by atoms with van der Waals surface area (Å²) >= 11 is 2.97. The van der Waals surface area contributed by atoms with Gasteiger partial charge in [0.2, 0.25) is 0 Å². The molecule has 0 atom stereocenters. The van der Waals surface area contributed by atoms with E-state index in [1.54, 1.807) is 33.3 Å². The molecule has 3 aromatic rings. The Morgan fingerprint density at radius 1 is 1.17 bits per heavy atom. The number of halogens is 1. The number of aryl methyl sites for hydroxylation is 2. The van der Waals surface area contributed by atoms with Crippen molar-refractivity contribution in [3.63, 3.8) is 0 Å². The lowest BCUT2D eigenvalue weighted by atomic mass is 10.2. The van der Waals surface area contributed by atoms with Crippen LogP contribution in [0.3, 0.4) is 0 Å². The highest BCUT2D eigenvalue weighted by Gasteiger charge is 2.31. The van der Waals surface area contributed by atoms with Gasteiger partial charge in [-0.15, -0.1) is 22.7 Å². The Balaban J connectivity index is 1.41. The molecule has 1 aromatic carbocycles. The van der Waals surface area contributed by atoms with Crippen molar-refractivity contribution in [2.24, 2.45) is 0 Å². The van der Waals surface area contributed by atoms with Gasteiger partial charge in [-0.2, -0.15) is 0 Å². The number of nitrogens with one attached hydrogen (secondary N) is 1. The monoisotopic (exact) mass is 443 g/mol. The summed E-state index contributed by atoms with van der Waals surface area (Å²) in [5.74, 6) is -0.410. The molecule has 3 heterocycles. The SMILES string of the molecule is Cc1csc(CNC(=O)c2sc(N3CCN(Cc4ccc(F)cc4)C3=O)cc2C)c1. The molecule has 5 nitrogen and oxygen atoms in total. The fraction of sp³-hybridized carbons (Fsp3) is 0.273. The molecule has 8 heteroatoms. The first kappa shape index (κ1) is 20.6. The van der Waals surface area contributed by atoms with Gasteiger partial charge < -0.3 is 10.2 Å². The number of hydrogen-bond acceptors (Lipinski definition) is 4. The number of nitrogens with zero attached hydrogens (tertiary/aromatic N) is 2. The van der Waals surface area contributed by atoms with Crippen LogP contribution in [0.15, 0.2) is 41.8 Å². The lowest BCUT2D eigenvalue weighted by molar-refractivity contribution is 0.0955. The summed E-state index contributed by atoms with van der Waals surface area (Å²) in [6.45, 7) is 6.01. The summed E-state index contributed by atoms with van der Waals surface area (Å²) < 4.78 is 13.1. The van der Waals surface area contributed by atoms with Crippen molar-refractivity contribution in [2.45, 2.75) is 26.9 Å². The molecule has 0 bridgehead atoms. The van der Waals surface area contributed by atoms with Gasteiger partial charge in [0.05, 0.1) is 11.4 Å². The van der Waals surface area contributed by atoms with Crippen LogP contribution >= 0.6 is 22.7 Å². The van der Waals surface area contributed by atoms with Gasteiger partial charge in [0, 0.05) is 24.5 Å². The molecule has 0 aliphatic carbocycles. The minimum Gasteiger partial charge on any atom is -0.346 e. The average molecular weight is 444 g/mol. The minimum absolute atomic E-state index is 0.0957. The van der Waals surface area contributed by atoms with E-state index in [9.17, 15) is 14.0 Å². The van der Waals surface area contributed by atoms with Crippen molar-refractivity contribution in [2.75, 3.05) is 18.0 Å². The lowest BCUT2D eigenvalue weighted by Crippen LogP contribution is -2.31. The average Bonchev–Trinajstić information content (AvgIpc) is 3.41. The molecule has 4 rings (SSSR count). The van der Waals surface area contributed by atoms with Crippen LogP contribution in [0.1, 0.15) is 31.2 Å². The number of hydrogen-bond donors (Lipinski definition) is 1. The Hall–Kier alpha value is -2.71. The Morgan fingerprint density at radius 3 is 2.63 bits per heavy atom. The second kappa shape index (κ2) is 8.57. The Kier molecular flexibility index (Phi) is 5.87. The van der Waals surface area contributed by atoms with Crippen LogP contribution in [0.4, 0.5) is 14.2 Å². The maximum absolute atomic E-state index is 13.1. The van der Waals surface area contributed by atoms with Crippen LogP contribution in [0.25, 0.3) is 0 Å². The Labute approximate surface area is 182 Å². The van der Waals surface area contributed by atoms with Gasteiger partial charge in [0.25, 0.3) is 5.91 Å². The second-order valence-electron chi connectivity index (χ2n) is 7.35. The lowest BCUT2D eigenvalue weighted by Gasteiger charge is -2.17. The number of urea groups is 1. The summed E-state index contributed by atoms with van der Waals surface area (Å²) in [6.07, 6.45) is 0. The van der Waals surface area contributed by atoms with Gasteiger partial charge in [0.1, 0.15) is 10.8 Å². The molecule has 1 aliphatic rings. The van der Waals surface area contributed by atoms with Gasteiger partial charge in [0.15, 0.2) is 0 Å². The number of thiophene rings is 2. The largest absolute Gasteiger partial charge is 0.346 e. The third-order valence-corrected chi connectivity index (χ3v) is 7.28. The molecule has 1 aliphatic heterocycles. The molecular formula is C22H22FN3O2S2. The predicted octanol–water partition coefficient (Wildman–Crippen LogP) is 4.94. The topological polar surface area (TPSA) is 52.7 Å². The number of carbonyl (C=O) groups is 2. The number of amides is 3. The maximum atomic E-state index is 13.1. The van der Waals surface area contributed by atoms with Crippen LogP contribution in [0.5, 0.6) is 0 Å². The van der Waals surface area contributed by atoms with Crippen LogP contribution < -0.4 is 10.2 Å². The Bertz CT molecular complexity index is 1070. The zero-order chi connectivity index (χ0) is 21.3. The van der Waals surface area contributed by atoms with Crippen LogP contribution in [0.2, 0.25) is 0 Å². The van der Waals surface area contributed by atoms with Gasteiger partial charge >= 0.3 is 6.03 Å². The molecule has 2 aromatic heterocycles. The summed E-state index contributed by atoms with van der Waals surface area (Å²) in [7, 11) is 0. The van der Waals surface area contributed by atoms with Gasteiger partial charge in [-0.25, -0.2) is 9.18 Å². The summed E-state index contributed by atoms with van der Waals surface area (Å²) in [4.78, 5) is 30.7. The third kappa shape index (κ3) is 4.39. The fourth-order valence-corrected chi connectivity index (χ4v) is 5.32. The van der Waals surface area contributed by atoms with Crippen molar-refractivity contribution in [1.29, 1.82) is 0 Å². The molecule has 0 spiro atoms. The minimum atomic E-state index is -0.290. The zero-order valence-corrected chi connectivity index (χ0v) is 18.4. The van der Waals surface area contributed by atoms with Crippen molar-refractivity contribution < 1.29 is 14.0 Å². The number of carbonyl (C=O) groups excluding carboxylic acids is 2. The Morgan fingerprint density at radius 2 is 1.93 bits per heavy atom. The van der Waals surface area contributed by atoms with Gasteiger partial charge in [-0.05, 0) is 60.2 Å². The van der Waals surface area contributed by atoms with E-state index in [2.05, 4.69) is 16.8 Å². The molecular weight excluding hydrogens is 421 g/mol. The highest BCUT2D eigenvalue weighted by atomic mass is 32.1. The van der Waals surface area contributed by atoms with Crippen LogP contribution in [-0.4, -0.2) is 29.9 Å². The normalized spacial score (nSPS) is 13.9. The number of benzene rings is 1. The van der Waals surface area contributed by atoms with Crippen molar-refractivity contribution in [1.82, 2.24) is 10.2 Å². The number of anilines is 1. The van der Waals surface area contributed by atoms with Crippen LogP contribution in [0, 0.1) is 19.7 Å². The molecule has 3 amide bonds. The molecule has 0 saturated carbocycles. The van der Waals surface area contributed by atoms with Gasteiger partial charge in [-0.3, -0.25) is 9.69 Å². The third-order valence-electron chi connectivity index (χ3n) is 4.97. The second-order valence-corrected chi connectivity index (χ2v) is 9.38. The van der Waals surface area contributed by atoms with Crippen molar-refractivity contribution in [3.05, 3.63) is 74.0 Å². The zero-order valence-electron chi connectivity index (χ0n) is 16.8. The molecule has 0 unspecified atom stereocenters. The van der Waals surface area contributed by atoms with E-state index in [0.29, 0.717) is 31.1 Å². The van der Waals surface area contributed by atoms with Crippen molar-refractivity contribution in [3.8, 4) is 0 Å². The van der Waals surface area contributed by atoms with Crippen LogP contribution in [-0.2, 0) is 13.1 Å². The standard InChI is InChI=1S/C22H22FN3O2S2/c1-14-9-18(29-13-14)11-24-21(27)20-15(2)10-19(30-20)26-8-7-25(22(26)28)12-16-3-5-17(23)6-4-16/h3-6,9-10,13H,7-8,11-12H2,1-2H3,(H,24,27). The molecule has 1 N–H and O–H groups in total. The first-order valence-electron chi connectivity index (χ1n) is 9.64. The quantitative estimate of drug-likeness (QED) is 0.587. The molecule has 0 radical (unpaired) electrons. The molecule has 1 saturated heterocycles. The van der Waals surface area contributed by atoms with E-state index in [4.69, 9.17) is 0 Å². The molecule has 156 valence electrons. The molecule has 1 fully saturated rings. The van der Waals surface area contributed by atoms with E-state index >= 15 is 0 Å². The summed E-state index contributed by atoms with van der Waals surface area (Å²) in [5, 5.41) is 5.80. The predicted molar refractivity (Wildman–Crippen MR) is 119 cm³/mol. The first-order valence-corrected chi connectivity index (χ1v) is 11.3. The summed E-state index contributed by atoms with van der Waals surface area (Å²) in [5.41, 5.74) is 2.94. The smallest absolute Gasteiger partial charge is 0.325 e. The van der Waals surface area contributed by atoms with E-state index in [0.717, 1.165) is 21.0 Å².